The summed E-state index contributed by atoms with van der Waals surface area (Å²) in [6.07, 6.45) is -4.84. The number of hydrogen-bond donors (Lipinski definition) is 1. The van der Waals surface area contributed by atoms with E-state index < -0.39 is 22.1 Å². The first-order valence-corrected chi connectivity index (χ1v) is 7.18. The third kappa shape index (κ3) is 4.38. The molecule has 0 bridgehead atoms. The Hall–Kier alpha value is -2.22. The Bertz CT molecular complexity index is 715. The third-order valence-corrected chi connectivity index (χ3v) is 3.77. The molecule has 4 nitrogen and oxygen atoms in total. The van der Waals surface area contributed by atoms with Crippen molar-refractivity contribution in [1.82, 2.24) is 0 Å². The van der Waals surface area contributed by atoms with Crippen molar-refractivity contribution >= 4 is 15.7 Å². The van der Waals surface area contributed by atoms with Crippen molar-refractivity contribution in [2.45, 2.75) is 11.3 Å². The maximum atomic E-state index is 12.1. The highest BCUT2D eigenvalue weighted by Crippen LogP contribution is 2.26. The fourth-order valence-corrected chi connectivity index (χ4v) is 2.64. The number of sulfonamides is 1. The van der Waals surface area contributed by atoms with Gasteiger partial charge in [0.05, 0.1) is 10.6 Å². The molecular weight excluding hydrogens is 307 g/mol. The van der Waals surface area contributed by atoms with Gasteiger partial charge in [-0.05, 0) is 24.3 Å². The van der Waals surface area contributed by atoms with E-state index >= 15 is 0 Å². The smallest absolute Gasteiger partial charge is 0.406 e. The van der Waals surface area contributed by atoms with Crippen LogP contribution in [0.25, 0.3) is 0 Å². The van der Waals surface area contributed by atoms with E-state index in [1.165, 1.54) is 36.4 Å². The molecule has 0 unspecified atom stereocenters. The molecule has 0 fully saturated rings. The lowest BCUT2D eigenvalue weighted by Gasteiger charge is -2.11. The molecule has 0 saturated heterocycles. The number of hydrogen-bond acceptors (Lipinski definition) is 3. The standard InChI is InChI=1S/C13H10F3NO3S/c14-13(15,16)20-11-6-4-5-10(9-11)17-21(18,19)12-7-2-1-3-8-12/h1-9,17H. The van der Waals surface area contributed by atoms with Gasteiger partial charge in [-0.25, -0.2) is 8.42 Å². The molecule has 0 amide bonds. The van der Waals surface area contributed by atoms with Crippen LogP contribution in [-0.2, 0) is 10.0 Å². The van der Waals surface area contributed by atoms with Crippen LogP contribution < -0.4 is 9.46 Å². The van der Waals surface area contributed by atoms with Crippen LogP contribution >= 0.6 is 0 Å². The molecule has 0 radical (unpaired) electrons. The summed E-state index contributed by atoms with van der Waals surface area (Å²) in [6, 6.07) is 12.1. The summed E-state index contributed by atoms with van der Waals surface area (Å²) in [5, 5.41) is 0. The predicted octanol–water partition coefficient (Wildman–Crippen LogP) is 3.39. The van der Waals surface area contributed by atoms with E-state index in [0.29, 0.717) is 0 Å². The van der Waals surface area contributed by atoms with Crippen LogP contribution in [0, 0.1) is 0 Å². The lowest BCUT2D eigenvalue weighted by atomic mass is 10.3. The molecule has 0 spiro atoms. The first kappa shape index (κ1) is 15.2. The normalized spacial score (nSPS) is 12.0. The average molecular weight is 317 g/mol. The minimum absolute atomic E-state index is 0.00661. The molecule has 21 heavy (non-hydrogen) atoms. The zero-order valence-electron chi connectivity index (χ0n) is 10.5. The lowest BCUT2D eigenvalue weighted by molar-refractivity contribution is -0.274. The largest absolute Gasteiger partial charge is 0.573 e. The Kier molecular flexibility index (Phi) is 4.08. The molecular formula is C13H10F3NO3S. The number of ether oxygens (including phenoxy) is 1. The summed E-state index contributed by atoms with van der Waals surface area (Å²) in [7, 11) is -3.86. The topological polar surface area (TPSA) is 55.4 Å². The van der Waals surface area contributed by atoms with E-state index in [1.807, 2.05) is 0 Å². The Morgan fingerprint density at radius 1 is 0.952 bits per heavy atom. The number of nitrogens with one attached hydrogen (secondary N) is 1. The van der Waals surface area contributed by atoms with Gasteiger partial charge in [-0.15, -0.1) is 13.2 Å². The summed E-state index contributed by atoms with van der Waals surface area (Å²) in [4.78, 5) is 0.00661. The average Bonchev–Trinajstić information content (AvgIpc) is 2.37. The molecule has 2 aromatic carbocycles. The second-order valence-electron chi connectivity index (χ2n) is 3.99. The molecule has 0 aliphatic carbocycles. The van der Waals surface area contributed by atoms with Crippen LogP contribution in [0.15, 0.2) is 59.5 Å². The van der Waals surface area contributed by atoms with Gasteiger partial charge in [0.25, 0.3) is 10.0 Å². The molecule has 0 aromatic heterocycles. The quantitative estimate of drug-likeness (QED) is 0.940. The van der Waals surface area contributed by atoms with Gasteiger partial charge >= 0.3 is 6.36 Å². The van der Waals surface area contributed by atoms with Crippen molar-refractivity contribution in [2.24, 2.45) is 0 Å². The number of alkyl halides is 3. The van der Waals surface area contributed by atoms with Gasteiger partial charge in [-0.2, -0.15) is 0 Å². The first-order valence-electron chi connectivity index (χ1n) is 5.70. The summed E-state index contributed by atoms with van der Waals surface area (Å²) in [5.41, 5.74) is -0.0272. The molecule has 8 heteroatoms. The Morgan fingerprint density at radius 2 is 1.62 bits per heavy atom. The number of rotatable bonds is 4. The molecule has 2 aromatic rings. The fraction of sp³-hybridized carbons (Fsp3) is 0.0769. The van der Waals surface area contributed by atoms with Crippen molar-refractivity contribution in [3.05, 3.63) is 54.6 Å². The summed E-state index contributed by atoms with van der Waals surface area (Å²) in [5.74, 6) is -0.504. The van der Waals surface area contributed by atoms with Gasteiger partial charge in [0, 0.05) is 6.07 Å². The molecule has 0 saturated carbocycles. The van der Waals surface area contributed by atoms with Gasteiger partial charge in [0.2, 0.25) is 0 Å². The number of halogens is 3. The van der Waals surface area contributed by atoms with E-state index in [4.69, 9.17) is 0 Å². The van der Waals surface area contributed by atoms with Crippen molar-refractivity contribution in [1.29, 1.82) is 0 Å². The van der Waals surface area contributed by atoms with Gasteiger partial charge in [0.1, 0.15) is 5.75 Å². The van der Waals surface area contributed by atoms with Gasteiger partial charge in [-0.3, -0.25) is 4.72 Å². The summed E-state index contributed by atoms with van der Waals surface area (Å²) >= 11 is 0. The van der Waals surface area contributed by atoms with Crippen molar-refractivity contribution in [3.8, 4) is 5.75 Å². The Morgan fingerprint density at radius 3 is 2.24 bits per heavy atom. The minimum atomic E-state index is -4.84. The van der Waals surface area contributed by atoms with Crippen molar-refractivity contribution in [2.75, 3.05) is 4.72 Å². The van der Waals surface area contributed by atoms with E-state index in [2.05, 4.69) is 9.46 Å². The second kappa shape index (κ2) is 5.65. The van der Waals surface area contributed by atoms with E-state index in [9.17, 15) is 21.6 Å². The molecule has 1 N–H and O–H groups in total. The van der Waals surface area contributed by atoms with Crippen LogP contribution in [0.2, 0.25) is 0 Å². The number of anilines is 1. The van der Waals surface area contributed by atoms with E-state index in [-0.39, 0.29) is 10.6 Å². The molecule has 0 aliphatic heterocycles. The lowest BCUT2D eigenvalue weighted by Crippen LogP contribution is -2.17. The van der Waals surface area contributed by atoms with Crippen LogP contribution in [0.3, 0.4) is 0 Å². The monoisotopic (exact) mass is 317 g/mol. The van der Waals surface area contributed by atoms with Crippen LogP contribution in [0.1, 0.15) is 0 Å². The van der Waals surface area contributed by atoms with Crippen LogP contribution in [0.5, 0.6) is 5.75 Å². The Labute approximate surface area is 119 Å². The summed E-state index contributed by atoms with van der Waals surface area (Å²) < 4.78 is 66.3. The highest BCUT2D eigenvalue weighted by molar-refractivity contribution is 7.92. The molecule has 0 aliphatic rings. The zero-order chi connectivity index (χ0) is 15.5. The molecule has 112 valence electrons. The molecule has 0 atom stereocenters. The minimum Gasteiger partial charge on any atom is -0.406 e. The van der Waals surface area contributed by atoms with Crippen LogP contribution in [-0.4, -0.2) is 14.8 Å². The maximum absolute atomic E-state index is 12.1. The Balaban J connectivity index is 2.22. The second-order valence-corrected chi connectivity index (χ2v) is 5.68. The van der Waals surface area contributed by atoms with Gasteiger partial charge < -0.3 is 4.74 Å². The predicted molar refractivity (Wildman–Crippen MR) is 70.4 cm³/mol. The number of benzene rings is 2. The SMILES string of the molecule is O=S(=O)(Nc1cccc(OC(F)(F)F)c1)c1ccccc1. The van der Waals surface area contributed by atoms with Crippen molar-refractivity contribution in [3.63, 3.8) is 0 Å². The summed E-state index contributed by atoms with van der Waals surface area (Å²) in [6.45, 7) is 0. The molecule has 0 heterocycles. The first-order chi connectivity index (χ1) is 9.76. The highest BCUT2D eigenvalue weighted by atomic mass is 32.2. The third-order valence-electron chi connectivity index (χ3n) is 2.37. The van der Waals surface area contributed by atoms with Gasteiger partial charge in [-0.1, -0.05) is 24.3 Å². The van der Waals surface area contributed by atoms with Crippen LogP contribution in [0.4, 0.5) is 18.9 Å². The van der Waals surface area contributed by atoms with Crippen molar-refractivity contribution < 1.29 is 26.3 Å². The van der Waals surface area contributed by atoms with E-state index in [1.54, 1.807) is 6.07 Å². The van der Waals surface area contributed by atoms with Gasteiger partial charge in [0.15, 0.2) is 0 Å². The molecule has 2 rings (SSSR count). The maximum Gasteiger partial charge on any atom is 0.573 e. The van der Waals surface area contributed by atoms with E-state index in [0.717, 1.165) is 12.1 Å². The fourth-order valence-electron chi connectivity index (χ4n) is 1.57. The zero-order valence-corrected chi connectivity index (χ0v) is 11.3. The highest BCUT2D eigenvalue weighted by Gasteiger charge is 2.31.